The molecule has 1 amide bonds. The number of piperidine rings is 1. The predicted molar refractivity (Wildman–Crippen MR) is 199 cm³/mol. The molecule has 2 aliphatic heterocycles. The van der Waals surface area contributed by atoms with Crippen molar-refractivity contribution >= 4 is 17.6 Å². The number of nitrogens with one attached hydrogen (secondary N) is 1. The number of ether oxygens (including phenoxy) is 2. The van der Waals surface area contributed by atoms with Crippen LogP contribution in [0.2, 0.25) is 0 Å². The van der Waals surface area contributed by atoms with Gasteiger partial charge in [-0.05, 0) is 54.9 Å². The number of fused-ring (bicyclic) bond motifs is 2. The Kier molecular flexibility index (Phi) is 9.35. The van der Waals surface area contributed by atoms with E-state index in [0.29, 0.717) is 44.6 Å². The van der Waals surface area contributed by atoms with Crippen molar-refractivity contribution in [1.29, 1.82) is 0 Å². The standard InChI is InChI=1S/C43H43N5O4/c1-2-51-41(49)39-36-23-24-38-37(40(36)48(45-39)35-25-27-46(28-26-35)42(50)52-30-31-15-7-3-8-16-31)29-47(44-38)43(32-17-9-4-10-18-32,33-19-11-5-12-20-33)34-21-13-6-14-22-34/h3-22,35,44H,2,23-30H2,1H3. The van der Waals surface area contributed by atoms with Crippen LogP contribution in [0.3, 0.4) is 0 Å². The van der Waals surface area contributed by atoms with Crippen molar-refractivity contribution in [3.8, 4) is 0 Å². The van der Waals surface area contributed by atoms with Crippen LogP contribution in [0.4, 0.5) is 4.79 Å². The largest absolute Gasteiger partial charge is 0.461 e. The molecule has 8 rings (SSSR count). The normalized spacial score (nSPS) is 16.2. The number of amides is 1. The van der Waals surface area contributed by atoms with Crippen LogP contribution in [0.5, 0.6) is 0 Å². The Bertz CT molecular complexity index is 1960. The summed E-state index contributed by atoms with van der Waals surface area (Å²) in [5.41, 5.74) is 12.2. The van der Waals surface area contributed by atoms with Crippen LogP contribution in [0.15, 0.2) is 127 Å². The van der Waals surface area contributed by atoms with Crippen LogP contribution in [-0.2, 0) is 28.0 Å². The third-order valence-corrected chi connectivity index (χ3v) is 10.6. The maximum atomic E-state index is 13.4. The zero-order chi connectivity index (χ0) is 35.5. The Labute approximate surface area is 304 Å². The number of hydrogen-bond acceptors (Lipinski definition) is 7. The van der Waals surface area contributed by atoms with Crippen molar-refractivity contribution in [3.05, 3.63) is 166 Å². The highest BCUT2D eigenvalue weighted by atomic mass is 16.6. The Balaban J connectivity index is 1.14. The third kappa shape index (κ3) is 6.05. The van der Waals surface area contributed by atoms with Gasteiger partial charge in [0.25, 0.3) is 0 Å². The lowest BCUT2D eigenvalue weighted by molar-refractivity contribution is 0.0516. The molecule has 3 aliphatic rings. The fraction of sp³-hybridized carbons (Fsp3) is 0.279. The van der Waals surface area contributed by atoms with E-state index in [1.807, 2.05) is 37.3 Å². The van der Waals surface area contributed by atoms with Gasteiger partial charge in [-0.2, -0.15) is 10.1 Å². The molecule has 0 spiro atoms. The van der Waals surface area contributed by atoms with Gasteiger partial charge in [0.15, 0.2) is 5.69 Å². The van der Waals surface area contributed by atoms with Crippen molar-refractivity contribution in [2.45, 2.75) is 50.8 Å². The van der Waals surface area contributed by atoms with Gasteiger partial charge in [-0.1, -0.05) is 121 Å². The second-order valence-corrected chi connectivity index (χ2v) is 13.6. The lowest BCUT2D eigenvalue weighted by Crippen LogP contribution is -2.52. The monoisotopic (exact) mass is 693 g/mol. The smallest absolute Gasteiger partial charge is 0.410 e. The molecule has 1 saturated heterocycles. The molecule has 0 atom stereocenters. The molecule has 9 heteroatoms. The number of aromatic nitrogens is 2. The molecule has 3 heterocycles. The van der Waals surface area contributed by atoms with Crippen LogP contribution >= 0.6 is 0 Å². The molecular weight excluding hydrogens is 651 g/mol. The zero-order valence-corrected chi connectivity index (χ0v) is 29.4. The molecule has 0 saturated carbocycles. The second-order valence-electron chi connectivity index (χ2n) is 13.6. The number of hydrazine groups is 1. The number of carbonyl (C=O) groups excluding carboxylic acids is 2. The van der Waals surface area contributed by atoms with Crippen molar-refractivity contribution < 1.29 is 19.1 Å². The number of likely N-dealkylation sites (tertiary alicyclic amines) is 1. The molecule has 1 N–H and O–H groups in total. The van der Waals surface area contributed by atoms with Gasteiger partial charge in [0, 0.05) is 36.5 Å². The lowest BCUT2D eigenvalue weighted by atomic mass is 9.76. The lowest BCUT2D eigenvalue weighted by Gasteiger charge is -2.43. The second kappa shape index (κ2) is 14.5. The van der Waals surface area contributed by atoms with E-state index in [9.17, 15) is 9.59 Å². The summed E-state index contributed by atoms with van der Waals surface area (Å²) in [6, 6.07) is 41.7. The molecule has 9 nitrogen and oxygen atoms in total. The molecule has 1 fully saturated rings. The molecule has 264 valence electrons. The van der Waals surface area contributed by atoms with E-state index in [1.54, 1.807) is 4.90 Å². The average Bonchev–Trinajstić information content (AvgIpc) is 3.82. The molecule has 0 radical (unpaired) electrons. The highest BCUT2D eigenvalue weighted by molar-refractivity contribution is 5.91. The van der Waals surface area contributed by atoms with Crippen molar-refractivity contribution in [3.63, 3.8) is 0 Å². The van der Waals surface area contributed by atoms with Crippen LogP contribution in [0.25, 0.3) is 5.57 Å². The summed E-state index contributed by atoms with van der Waals surface area (Å²) in [6.45, 7) is 4.00. The van der Waals surface area contributed by atoms with Gasteiger partial charge in [0.05, 0.1) is 18.3 Å². The first-order chi connectivity index (χ1) is 25.6. The van der Waals surface area contributed by atoms with Crippen molar-refractivity contribution in [1.82, 2.24) is 25.1 Å². The van der Waals surface area contributed by atoms with Gasteiger partial charge < -0.3 is 19.8 Å². The van der Waals surface area contributed by atoms with Crippen molar-refractivity contribution in [2.24, 2.45) is 0 Å². The minimum atomic E-state index is -0.665. The van der Waals surface area contributed by atoms with E-state index in [2.05, 4.69) is 106 Å². The fourth-order valence-electron chi connectivity index (χ4n) is 8.16. The van der Waals surface area contributed by atoms with E-state index >= 15 is 0 Å². The first kappa shape index (κ1) is 33.5. The Hall–Kier alpha value is -5.67. The number of carbonyl (C=O) groups is 2. The SMILES string of the molecule is CCOC(=O)c1nn(C2CCN(C(=O)OCc3ccccc3)CC2)c2c1CCC1=C2CN(C(c2ccccc2)(c2ccccc2)c2ccccc2)N1. The molecule has 1 aliphatic carbocycles. The minimum absolute atomic E-state index is 0.00173. The fourth-order valence-corrected chi connectivity index (χ4v) is 8.16. The quantitative estimate of drug-likeness (QED) is 0.126. The number of esters is 1. The van der Waals surface area contributed by atoms with Gasteiger partial charge in [-0.15, -0.1) is 0 Å². The Morgan fingerprint density at radius 2 is 1.33 bits per heavy atom. The number of rotatable bonds is 9. The summed E-state index contributed by atoms with van der Waals surface area (Å²) in [6.07, 6.45) is 2.49. The average molecular weight is 694 g/mol. The topological polar surface area (TPSA) is 88.9 Å². The predicted octanol–water partition coefficient (Wildman–Crippen LogP) is 7.50. The molecule has 0 bridgehead atoms. The van der Waals surface area contributed by atoms with Gasteiger partial charge >= 0.3 is 12.1 Å². The van der Waals surface area contributed by atoms with Crippen LogP contribution in [0, 0.1) is 0 Å². The van der Waals surface area contributed by atoms with Gasteiger partial charge in [0.2, 0.25) is 0 Å². The van der Waals surface area contributed by atoms with E-state index in [4.69, 9.17) is 14.6 Å². The van der Waals surface area contributed by atoms with Gasteiger partial charge in [-0.25, -0.2) is 9.59 Å². The first-order valence-electron chi connectivity index (χ1n) is 18.2. The first-order valence-corrected chi connectivity index (χ1v) is 18.2. The Morgan fingerprint density at radius 3 is 1.88 bits per heavy atom. The summed E-state index contributed by atoms with van der Waals surface area (Å²) >= 11 is 0. The number of allylic oxidation sites excluding steroid dienone is 1. The van der Waals surface area contributed by atoms with Crippen molar-refractivity contribution in [2.75, 3.05) is 26.2 Å². The highest BCUT2D eigenvalue weighted by Crippen LogP contribution is 2.47. The summed E-state index contributed by atoms with van der Waals surface area (Å²) in [5.74, 6) is -0.390. The van der Waals surface area contributed by atoms with Gasteiger partial charge in [0.1, 0.15) is 12.1 Å². The number of benzene rings is 4. The van der Waals surface area contributed by atoms with E-state index in [0.717, 1.165) is 51.2 Å². The molecule has 5 aromatic rings. The van der Waals surface area contributed by atoms with Gasteiger partial charge in [-0.3, -0.25) is 4.68 Å². The number of nitrogens with zero attached hydrogens (tertiary/aromatic N) is 4. The van der Waals surface area contributed by atoms with Crippen LogP contribution in [0.1, 0.15) is 76.2 Å². The summed E-state index contributed by atoms with van der Waals surface area (Å²) in [7, 11) is 0. The maximum absolute atomic E-state index is 13.4. The maximum Gasteiger partial charge on any atom is 0.410 e. The van der Waals surface area contributed by atoms with E-state index < -0.39 is 11.5 Å². The summed E-state index contributed by atoms with van der Waals surface area (Å²) < 4.78 is 13.3. The summed E-state index contributed by atoms with van der Waals surface area (Å²) in [5, 5.41) is 7.39. The van der Waals surface area contributed by atoms with Crippen LogP contribution < -0.4 is 5.43 Å². The molecule has 0 unspecified atom stereocenters. The molecule has 4 aromatic carbocycles. The molecular formula is C43H43N5O4. The number of hydrogen-bond donors (Lipinski definition) is 1. The van der Waals surface area contributed by atoms with E-state index in [1.165, 1.54) is 0 Å². The zero-order valence-electron chi connectivity index (χ0n) is 29.4. The van der Waals surface area contributed by atoms with Crippen LogP contribution in [-0.4, -0.2) is 58.0 Å². The van der Waals surface area contributed by atoms with E-state index in [-0.39, 0.29) is 25.3 Å². The summed E-state index contributed by atoms with van der Waals surface area (Å²) in [4.78, 5) is 28.2. The minimum Gasteiger partial charge on any atom is -0.461 e. The highest BCUT2D eigenvalue weighted by Gasteiger charge is 2.47. The molecule has 52 heavy (non-hydrogen) atoms. The molecule has 1 aromatic heterocycles. The Morgan fingerprint density at radius 1 is 0.769 bits per heavy atom. The third-order valence-electron chi connectivity index (χ3n) is 10.6.